The van der Waals surface area contributed by atoms with Crippen molar-refractivity contribution in [2.75, 3.05) is 5.32 Å². The van der Waals surface area contributed by atoms with Crippen molar-refractivity contribution in [3.05, 3.63) is 59.7 Å². The predicted octanol–water partition coefficient (Wildman–Crippen LogP) is 4.19. The van der Waals surface area contributed by atoms with E-state index in [4.69, 9.17) is 0 Å². The topological polar surface area (TPSA) is 38.3 Å². The number of aryl methyl sites for hydroxylation is 1. The maximum absolute atomic E-state index is 12.8. The number of amides is 1. The van der Waals surface area contributed by atoms with E-state index in [1.54, 1.807) is 37.3 Å². The lowest BCUT2D eigenvalue weighted by Gasteiger charge is -2.13. The van der Waals surface area contributed by atoms with Gasteiger partial charge in [-0.15, -0.1) is 0 Å². The molecule has 0 aliphatic rings. The van der Waals surface area contributed by atoms with E-state index in [9.17, 15) is 18.0 Å². The molecule has 2 aromatic carbocycles. The van der Waals surface area contributed by atoms with Crippen LogP contribution in [0.5, 0.6) is 5.75 Å². The third-order valence-corrected chi connectivity index (χ3v) is 2.93. The summed E-state index contributed by atoms with van der Waals surface area (Å²) in [5.41, 5.74) is 1.56. The first kappa shape index (κ1) is 15.9. The Balaban J connectivity index is 2.08. The Kier molecular flexibility index (Phi) is 5.04. The van der Waals surface area contributed by atoms with Crippen molar-refractivity contribution in [1.29, 1.82) is 0 Å². The Morgan fingerprint density at radius 2 is 1.77 bits per heavy atom. The number of benzene rings is 2. The third kappa shape index (κ3) is 4.00. The highest BCUT2D eigenvalue weighted by Crippen LogP contribution is 2.24. The van der Waals surface area contributed by atoms with E-state index < -0.39 is 12.8 Å². The van der Waals surface area contributed by atoms with Gasteiger partial charge in [0.25, 0.3) is 12.3 Å². The molecule has 0 aliphatic heterocycles. The van der Waals surface area contributed by atoms with E-state index in [1.165, 1.54) is 18.2 Å². The summed E-state index contributed by atoms with van der Waals surface area (Å²) in [4.78, 5) is 12.0. The molecule has 1 amide bonds. The van der Waals surface area contributed by atoms with Crippen LogP contribution < -0.4 is 10.1 Å². The van der Waals surface area contributed by atoms with Gasteiger partial charge in [0.05, 0.1) is 0 Å². The highest BCUT2D eigenvalue weighted by Gasteiger charge is 2.21. The Morgan fingerprint density at radius 3 is 2.36 bits per heavy atom. The molecule has 0 aromatic heterocycles. The summed E-state index contributed by atoms with van der Waals surface area (Å²) in [5, 5.41) is 2.69. The molecule has 2 rings (SSSR count). The van der Waals surface area contributed by atoms with Gasteiger partial charge in [0, 0.05) is 11.3 Å². The summed E-state index contributed by atoms with van der Waals surface area (Å²) >= 11 is 0. The van der Waals surface area contributed by atoms with E-state index in [0.717, 1.165) is 0 Å². The van der Waals surface area contributed by atoms with Gasteiger partial charge in [0.15, 0.2) is 0 Å². The number of nitrogens with one attached hydrogen (secondary N) is 1. The number of rotatable bonds is 5. The molecule has 0 heterocycles. The van der Waals surface area contributed by atoms with E-state index in [2.05, 4.69) is 10.1 Å². The molecular formula is C16H14F3NO2. The number of hydrogen-bond donors (Lipinski definition) is 1. The van der Waals surface area contributed by atoms with Crippen LogP contribution >= 0.6 is 0 Å². The minimum absolute atomic E-state index is 0.0250. The number of ether oxygens (including phenoxy) is 1. The number of hydrogen-bond acceptors (Lipinski definition) is 2. The second kappa shape index (κ2) is 6.98. The lowest BCUT2D eigenvalue weighted by atomic mass is 10.1. The van der Waals surface area contributed by atoms with E-state index in [-0.39, 0.29) is 11.7 Å². The maximum atomic E-state index is 12.8. The molecule has 0 spiro atoms. The zero-order valence-electron chi connectivity index (χ0n) is 11.7. The Hall–Kier alpha value is -2.50. The van der Waals surface area contributed by atoms with E-state index in [1.807, 2.05) is 0 Å². The molecular weight excluding hydrogens is 295 g/mol. The van der Waals surface area contributed by atoms with Gasteiger partial charge in [-0.3, -0.25) is 4.79 Å². The van der Waals surface area contributed by atoms with Crippen LogP contribution in [0.15, 0.2) is 48.5 Å². The maximum Gasteiger partial charge on any atom is 0.304 e. The lowest BCUT2D eigenvalue weighted by Crippen LogP contribution is -2.19. The molecule has 6 heteroatoms. The molecule has 2 aromatic rings. The summed E-state index contributed by atoms with van der Waals surface area (Å²) in [6.45, 7) is 1.66. The van der Waals surface area contributed by atoms with Gasteiger partial charge in [-0.05, 0) is 42.8 Å². The van der Waals surface area contributed by atoms with Crippen molar-refractivity contribution in [3.8, 4) is 5.75 Å². The Labute approximate surface area is 125 Å². The highest BCUT2D eigenvalue weighted by atomic mass is 19.3. The van der Waals surface area contributed by atoms with Crippen molar-refractivity contribution >= 4 is 11.6 Å². The largest absolute Gasteiger partial charge is 0.454 e. The SMILES string of the molecule is Cc1cc(OC(F)C(F)F)ccc1NC(=O)c1ccccc1. The van der Waals surface area contributed by atoms with Gasteiger partial charge in [0.1, 0.15) is 5.75 Å². The Morgan fingerprint density at radius 1 is 1.09 bits per heavy atom. The molecule has 0 saturated heterocycles. The number of carbonyl (C=O) groups is 1. The summed E-state index contributed by atoms with van der Waals surface area (Å²) in [5.74, 6) is -0.323. The molecule has 3 nitrogen and oxygen atoms in total. The fourth-order valence-corrected chi connectivity index (χ4v) is 1.82. The zero-order valence-corrected chi connectivity index (χ0v) is 11.7. The molecule has 1 unspecified atom stereocenters. The molecule has 0 aliphatic carbocycles. The first-order valence-corrected chi connectivity index (χ1v) is 6.53. The van der Waals surface area contributed by atoms with Crippen molar-refractivity contribution < 1.29 is 22.7 Å². The molecule has 0 fully saturated rings. The fourth-order valence-electron chi connectivity index (χ4n) is 1.82. The number of anilines is 1. The van der Waals surface area contributed by atoms with Crippen LogP contribution in [0.1, 0.15) is 15.9 Å². The van der Waals surface area contributed by atoms with E-state index in [0.29, 0.717) is 16.8 Å². The summed E-state index contributed by atoms with van der Waals surface area (Å²) in [6.07, 6.45) is -5.89. The van der Waals surface area contributed by atoms with Crippen molar-refractivity contribution in [2.24, 2.45) is 0 Å². The molecule has 1 atom stereocenters. The predicted molar refractivity (Wildman–Crippen MR) is 77.1 cm³/mol. The van der Waals surface area contributed by atoms with Crippen molar-refractivity contribution in [1.82, 2.24) is 0 Å². The minimum Gasteiger partial charge on any atom is -0.454 e. The molecule has 0 saturated carbocycles. The number of halogens is 3. The van der Waals surface area contributed by atoms with Gasteiger partial charge in [-0.1, -0.05) is 18.2 Å². The third-order valence-electron chi connectivity index (χ3n) is 2.93. The standard InChI is InChI=1S/C16H14F3NO2/c1-10-9-12(22-15(19)14(17)18)7-8-13(10)20-16(21)11-5-3-2-4-6-11/h2-9,14-15H,1H3,(H,20,21). The first-order chi connectivity index (χ1) is 10.5. The lowest BCUT2D eigenvalue weighted by molar-refractivity contribution is -0.0669. The van der Waals surface area contributed by atoms with Crippen LogP contribution in [0.3, 0.4) is 0 Å². The average molecular weight is 309 g/mol. The van der Waals surface area contributed by atoms with Crippen LogP contribution in [-0.2, 0) is 0 Å². The van der Waals surface area contributed by atoms with Crippen molar-refractivity contribution in [3.63, 3.8) is 0 Å². The normalized spacial score (nSPS) is 12.0. The van der Waals surface area contributed by atoms with Crippen LogP contribution in [0.2, 0.25) is 0 Å². The van der Waals surface area contributed by atoms with Gasteiger partial charge in [-0.25, -0.2) is 8.78 Å². The summed E-state index contributed by atoms with van der Waals surface area (Å²) < 4.78 is 41.5. The number of carbonyl (C=O) groups excluding carboxylic acids is 1. The second-order valence-electron chi connectivity index (χ2n) is 4.60. The Bertz CT molecular complexity index is 647. The van der Waals surface area contributed by atoms with Crippen LogP contribution in [-0.4, -0.2) is 18.7 Å². The fraction of sp³-hybridized carbons (Fsp3) is 0.188. The molecule has 0 radical (unpaired) electrons. The van der Waals surface area contributed by atoms with Crippen LogP contribution in [0, 0.1) is 6.92 Å². The second-order valence-corrected chi connectivity index (χ2v) is 4.60. The summed E-state index contributed by atoms with van der Waals surface area (Å²) in [7, 11) is 0. The first-order valence-electron chi connectivity index (χ1n) is 6.53. The smallest absolute Gasteiger partial charge is 0.304 e. The molecule has 0 bridgehead atoms. The van der Waals surface area contributed by atoms with Gasteiger partial charge >= 0.3 is 6.43 Å². The van der Waals surface area contributed by atoms with Gasteiger partial charge in [-0.2, -0.15) is 4.39 Å². The molecule has 1 N–H and O–H groups in total. The molecule has 22 heavy (non-hydrogen) atoms. The summed E-state index contributed by atoms with van der Waals surface area (Å²) in [6, 6.07) is 12.8. The van der Waals surface area contributed by atoms with Crippen LogP contribution in [0.4, 0.5) is 18.9 Å². The minimum atomic E-state index is -3.21. The van der Waals surface area contributed by atoms with Gasteiger partial charge in [0.2, 0.25) is 0 Å². The monoisotopic (exact) mass is 309 g/mol. The number of alkyl halides is 3. The van der Waals surface area contributed by atoms with Gasteiger partial charge < -0.3 is 10.1 Å². The van der Waals surface area contributed by atoms with Crippen molar-refractivity contribution in [2.45, 2.75) is 19.7 Å². The average Bonchev–Trinajstić information content (AvgIpc) is 2.50. The zero-order chi connectivity index (χ0) is 16.1. The van der Waals surface area contributed by atoms with Crippen LogP contribution in [0.25, 0.3) is 0 Å². The highest BCUT2D eigenvalue weighted by molar-refractivity contribution is 6.04. The molecule has 116 valence electrons. The van der Waals surface area contributed by atoms with E-state index >= 15 is 0 Å². The quantitative estimate of drug-likeness (QED) is 0.899.